The van der Waals surface area contributed by atoms with Crippen molar-refractivity contribution in [2.45, 2.75) is 6.43 Å². The number of rotatable bonds is 1. The van der Waals surface area contributed by atoms with Crippen molar-refractivity contribution in [3.8, 4) is 0 Å². The van der Waals surface area contributed by atoms with Crippen LogP contribution in [0.25, 0.3) is 10.1 Å². The summed E-state index contributed by atoms with van der Waals surface area (Å²) in [6.45, 7) is 0. The minimum absolute atomic E-state index is 0.0978. The van der Waals surface area contributed by atoms with Gasteiger partial charge in [-0.1, -0.05) is 12.1 Å². The first-order chi connectivity index (χ1) is 6.59. The van der Waals surface area contributed by atoms with Gasteiger partial charge in [0.1, 0.15) is 0 Å². The van der Waals surface area contributed by atoms with Crippen LogP contribution in [0.3, 0.4) is 0 Å². The Balaban J connectivity index is 2.74. The third-order valence-corrected chi connectivity index (χ3v) is 3.93. The van der Waals surface area contributed by atoms with Crippen molar-refractivity contribution >= 4 is 37.4 Å². The first-order valence-corrected chi connectivity index (χ1v) is 5.36. The van der Waals surface area contributed by atoms with Gasteiger partial charge in [-0.25, -0.2) is 8.78 Å². The lowest BCUT2D eigenvalue weighted by atomic mass is 10.2. The molecule has 0 saturated carbocycles. The highest BCUT2D eigenvalue weighted by Crippen LogP contribution is 2.37. The van der Waals surface area contributed by atoms with E-state index in [1.807, 2.05) is 0 Å². The summed E-state index contributed by atoms with van der Waals surface area (Å²) in [5.74, 6) is 0. The molecule has 1 heterocycles. The molecule has 2 aromatic rings. The summed E-state index contributed by atoms with van der Waals surface area (Å²) >= 11 is 3.92. The van der Waals surface area contributed by atoms with Crippen LogP contribution in [0.15, 0.2) is 22.7 Å². The fourth-order valence-electron chi connectivity index (χ4n) is 1.22. The van der Waals surface area contributed by atoms with Crippen molar-refractivity contribution in [3.05, 3.63) is 33.4 Å². The van der Waals surface area contributed by atoms with Crippen LogP contribution < -0.4 is 0 Å². The van der Waals surface area contributed by atoms with Crippen LogP contribution in [0.2, 0.25) is 0 Å². The summed E-state index contributed by atoms with van der Waals surface area (Å²) in [6.07, 6.45) is -2.54. The summed E-state index contributed by atoms with van der Waals surface area (Å²) in [5, 5.41) is 0.274. The second-order valence-corrected chi connectivity index (χ2v) is 4.53. The standard InChI is InChI=1S/C9H4BrF3S/c10-7-5(9(12)13)2-1-4-3-6(11)14-8(4)7/h1-3,9H. The molecule has 0 aliphatic rings. The number of fused-ring (bicyclic) bond motifs is 1. The number of halogens is 4. The van der Waals surface area contributed by atoms with Gasteiger partial charge in [0, 0.05) is 10.0 Å². The van der Waals surface area contributed by atoms with E-state index in [2.05, 4.69) is 15.9 Å². The van der Waals surface area contributed by atoms with Crippen LogP contribution in [0.1, 0.15) is 12.0 Å². The average molecular weight is 281 g/mol. The van der Waals surface area contributed by atoms with E-state index in [1.54, 1.807) is 0 Å². The summed E-state index contributed by atoms with van der Waals surface area (Å²) in [7, 11) is 0. The number of hydrogen-bond acceptors (Lipinski definition) is 1. The van der Waals surface area contributed by atoms with E-state index in [0.717, 1.165) is 11.3 Å². The van der Waals surface area contributed by atoms with Crippen molar-refractivity contribution in [3.63, 3.8) is 0 Å². The van der Waals surface area contributed by atoms with Gasteiger partial charge in [0.25, 0.3) is 6.43 Å². The molecule has 0 aliphatic heterocycles. The van der Waals surface area contributed by atoms with Gasteiger partial charge in [-0.15, -0.1) is 11.3 Å². The SMILES string of the molecule is Fc1cc2ccc(C(F)F)c(Br)c2s1. The van der Waals surface area contributed by atoms with Crippen LogP contribution in [-0.4, -0.2) is 0 Å². The van der Waals surface area contributed by atoms with Gasteiger partial charge in [-0.05, 0) is 27.4 Å². The molecular weight excluding hydrogens is 277 g/mol. The zero-order chi connectivity index (χ0) is 10.3. The van der Waals surface area contributed by atoms with E-state index in [9.17, 15) is 13.2 Å². The minimum Gasteiger partial charge on any atom is -0.205 e. The summed E-state index contributed by atoms with van der Waals surface area (Å²) in [4.78, 5) is 0. The molecule has 14 heavy (non-hydrogen) atoms. The van der Waals surface area contributed by atoms with Crippen LogP contribution in [0.5, 0.6) is 0 Å². The van der Waals surface area contributed by atoms with E-state index in [1.165, 1.54) is 18.2 Å². The predicted octanol–water partition coefficient (Wildman–Crippen LogP) is 4.74. The molecule has 0 aliphatic carbocycles. The van der Waals surface area contributed by atoms with E-state index in [0.29, 0.717) is 14.6 Å². The van der Waals surface area contributed by atoms with Gasteiger partial charge in [-0.3, -0.25) is 0 Å². The highest BCUT2D eigenvalue weighted by atomic mass is 79.9. The Kier molecular flexibility index (Phi) is 2.53. The number of hydrogen-bond donors (Lipinski definition) is 0. The van der Waals surface area contributed by atoms with Crippen molar-refractivity contribution in [1.29, 1.82) is 0 Å². The first-order valence-electron chi connectivity index (χ1n) is 3.75. The van der Waals surface area contributed by atoms with Crippen LogP contribution in [-0.2, 0) is 0 Å². The Bertz CT molecular complexity index is 478. The molecule has 0 fully saturated rings. The molecule has 0 spiro atoms. The van der Waals surface area contributed by atoms with Crippen LogP contribution in [0.4, 0.5) is 13.2 Å². The Morgan fingerprint density at radius 3 is 2.64 bits per heavy atom. The minimum atomic E-state index is -2.54. The topological polar surface area (TPSA) is 0 Å². The molecule has 5 heteroatoms. The van der Waals surface area contributed by atoms with E-state index in [4.69, 9.17) is 0 Å². The molecule has 1 aromatic heterocycles. The Labute approximate surface area is 90.5 Å². The monoisotopic (exact) mass is 280 g/mol. The molecule has 0 saturated heterocycles. The molecule has 74 valence electrons. The Morgan fingerprint density at radius 1 is 1.29 bits per heavy atom. The largest absolute Gasteiger partial charge is 0.264 e. The van der Waals surface area contributed by atoms with Crippen LogP contribution >= 0.6 is 27.3 Å². The van der Waals surface area contributed by atoms with E-state index < -0.39 is 6.43 Å². The van der Waals surface area contributed by atoms with Crippen molar-refractivity contribution in [2.24, 2.45) is 0 Å². The third-order valence-electron chi connectivity index (χ3n) is 1.86. The fraction of sp³-hybridized carbons (Fsp3) is 0.111. The van der Waals surface area contributed by atoms with Gasteiger partial charge in [-0.2, -0.15) is 4.39 Å². The third kappa shape index (κ3) is 1.54. The normalized spacial score (nSPS) is 11.5. The summed E-state index contributed by atoms with van der Waals surface area (Å²) in [5.41, 5.74) is -0.0978. The molecule has 0 unspecified atom stereocenters. The predicted molar refractivity (Wildman–Crippen MR) is 54.4 cm³/mol. The fourth-order valence-corrected chi connectivity index (χ4v) is 2.83. The quantitative estimate of drug-likeness (QED) is 0.708. The van der Waals surface area contributed by atoms with Gasteiger partial charge < -0.3 is 0 Å². The van der Waals surface area contributed by atoms with Gasteiger partial charge in [0.15, 0.2) is 5.13 Å². The highest BCUT2D eigenvalue weighted by molar-refractivity contribution is 9.10. The smallest absolute Gasteiger partial charge is 0.205 e. The maximum Gasteiger partial charge on any atom is 0.264 e. The zero-order valence-corrected chi connectivity index (χ0v) is 9.13. The van der Waals surface area contributed by atoms with E-state index >= 15 is 0 Å². The number of thiophene rings is 1. The molecule has 0 amide bonds. The lowest BCUT2D eigenvalue weighted by Crippen LogP contribution is -1.84. The van der Waals surface area contributed by atoms with Gasteiger partial charge >= 0.3 is 0 Å². The van der Waals surface area contributed by atoms with Crippen LogP contribution in [0, 0.1) is 5.13 Å². The van der Waals surface area contributed by atoms with E-state index in [-0.39, 0.29) is 10.7 Å². The molecule has 0 bridgehead atoms. The molecule has 0 nitrogen and oxygen atoms in total. The maximum absolute atomic E-state index is 12.8. The van der Waals surface area contributed by atoms with Crippen molar-refractivity contribution in [2.75, 3.05) is 0 Å². The Hall–Kier alpha value is -0.550. The van der Waals surface area contributed by atoms with Crippen molar-refractivity contribution in [1.82, 2.24) is 0 Å². The highest BCUT2D eigenvalue weighted by Gasteiger charge is 2.15. The molecule has 2 rings (SSSR count). The molecule has 0 N–H and O–H groups in total. The maximum atomic E-state index is 12.8. The lowest BCUT2D eigenvalue weighted by Gasteiger charge is -2.02. The molecular formula is C9H4BrF3S. The molecule has 0 radical (unpaired) electrons. The second-order valence-electron chi connectivity index (χ2n) is 2.74. The van der Waals surface area contributed by atoms with Gasteiger partial charge in [0.2, 0.25) is 0 Å². The van der Waals surface area contributed by atoms with Crippen molar-refractivity contribution < 1.29 is 13.2 Å². The summed E-state index contributed by atoms with van der Waals surface area (Å²) < 4.78 is 38.6. The zero-order valence-electron chi connectivity index (χ0n) is 6.73. The average Bonchev–Trinajstić information content (AvgIpc) is 2.46. The number of benzene rings is 1. The van der Waals surface area contributed by atoms with Gasteiger partial charge in [0.05, 0.1) is 4.70 Å². The summed E-state index contributed by atoms with van der Waals surface area (Å²) in [6, 6.07) is 4.14. The second kappa shape index (κ2) is 3.55. The Morgan fingerprint density at radius 2 is 2.00 bits per heavy atom. The molecule has 1 aromatic carbocycles. The molecule has 0 atom stereocenters. The number of alkyl halides is 2. The first kappa shape index (κ1) is 9.98. The lowest BCUT2D eigenvalue weighted by molar-refractivity contribution is 0.151.